The van der Waals surface area contributed by atoms with E-state index in [1.54, 1.807) is 44.2 Å². The largest absolute Gasteiger partial charge is 0.495 e. The van der Waals surface area contributed by atoms with E-state index in [9.17, 15) is 18.0 Å². The van der Waals surface area contributed by atoms with Crippen LogP contribution in [0, 0.1) is 0 Å². The Labute approximate surface area is 176 Å². The molecule has 0 unspecified atom stereocenters. The Kier molecular flexibility index (Phi) is 7.73. The lowest BCUT2D eigenvalue weighted by Gasteiger charge is -2.13. The molecule has 160 valence electrons. The van der Waals surface area contributed by atoms with Crippen molar-refractivity contribution in [3.8, 4) is 5.75 Å². The van der Waals surface area contributed by atoms with Crippen LogP contribution < -0.4 is 20.1 Å². The molecule has 0 aromatic heterocycles. The van der Waals surface area contributed by atoms with Crippen LogP contribution in [0.3, 0.4) is 0 Å². The Bertz CT molecular complexity index is 1060. The number of hydrogen-bond acceptors (Lipinski definition) is 5. The topological polar surface area (TPSA) is 114 Å². The molecule has 0 fully saturated rings. The van der Waals surface area contributed by atoms with Gasteiger partial charge in [0.15, 0.2) is 0 Å². The van der Waals surface area contributed by atoms with Gasteiger partial charge >= 0.3 is 0 Å². The second-order valence-corrected chi connectivity index (χ2v) is 8.35. The zero-order chi connectivity index (χ0) is 22.3. The Hall–Kier alpha value is -3.17. The fourth-order valence-electron chi connectivity index (χ4n) is 2.62. The second kappa shape index (κ2) is 10.0. The molecule has 0 spiro atoms. The molecule has 0 radical (unpaired) electrons. The first-order valence-electron chi connectivity index (χ1n) is 9.18. The van der Waals surface area contributed by atoms with E-state index in [2.05, 4.69) is 15.4 Å². The maximum atomic E-state index is 12.5. The highest BCUT2D eigenvalue weighted by molar-refractivity contribution is 7.89. The van der Waals surface area contributed by atoms with Crippen molar-refractivity contribution in [2.24, 2.45) is 0 Å². The van der Waals surface area contributed by atoms with E-state index in [0.29, 0.717) is 16.8 Å². The van der Waals surface area contributed by atoms with Crippen LogP contribution in [0.2, 0.25) is 0 Å². The Balaban J connectivity index is 2.21. The smallest absolute Gasteiger partial charge is 0.251 e. The summed E-state index contributed by atoms with van der Waals surface area (Å²) >= 11 is 0. The number of rotatable bonds is 8. The zero-order valence-electron chi connectivity index (χ0n) is 17.2. The van der Waals surface area contributed by atoms with Crippen LogP contribution in [0.15, 0.2) is 53.4 Å². The molecule has 9 heteroatoms. The lowest BCUT2D eigenvalue weighted by molar-refractivity contribution is -0.111. The van der Waals surface area contributed by atoms with Crippen molar-refractivity contribution in [2.75, 3.05) is 19.5 Å². The van der Waals surface area contributed by atoms with Crippen LogP contribution in [0.25, 0.3) is 6.08 Å². The van der Waals surface area contributed by atoms with Gasteiger partial charge in [-0.1, -0.05) is 12.1 Å². The van der Waals surface area contributed by atoms with E-state index in [1.165, 1.54) is 38.4 Å². The molecule has 0 aliphatic heterocycles. The molecule has 2 rings (SSSR count). The van der Waals surface area contributed by atoms with Crippen LogP contribution in [-0.2, 0) is 14.8 Å². The second-order valence-electron chi connectivity index (χ2n) is 6.67. The summed E-state index contributed by atoms with van der Waals surface area (Å²) in [7, 11) is -0.862. The molecule has 2 aromatic carbocycles. The molecular weight excluding hydrogens is 406 g/mol. The van der Waals surface area contributed by atoms with Crippen LogP contribution in [0.1, 0.15) is 29.8 Å². The van der Waals surface area contributed by atoms with E-state index < -0.39 is 15.9 Å². The molecule has 0 aliphatic rings. The van der Waals surface area contributed by atoms with Gasteiger partial charge in [0.05, 0.1) is 7.11 Å². The highest BCUT2D eigenvalue weighted by atomic mass is 32.2. The maximum Gasteiger partial charge on any atom is 0.251 e. The monoisotopic (exact) mass is 431 g/mol. The van der Waals surface area contributed by atoms with Gasteiger partial charge in [-0.25, -0.2) is 13.1 Å². The van der Waals surface area contributed by atoms with E-state index in [1.807, 2.05) is 0 Å². The molecule has 0 saturated carbocycles. The number of hydrogen-bond donors (Lipinski definition) is 3. The first kappa shape index (κ1) is 23.1. The molecule has 3 N–H and O–H groups in total. The molecular formula is C21H25N3O5S. The van der Waals surface area contributed by atoms with Gasteiger partial charge in [0, 0.05) is 30.4 Å². The SMILES string of the molecule is CNC(=O)c1cccc(NC(=O)C=Cc2ccc(OC)c(S(=O)(=O)NC(C)C)c2)c1. The average molecular weight is 432 g/mol. The summed E-state index contributed by atoms with van der Waals surface area (Å²) in [4.78, 5) is 23.9. The first-order valence-corrected chi connectivity index (χ1v) is 10.7. The molecule has 0 bridgehead atoms. The molecule has 30 heavy (non-hydrogen) atoms. The number of sulfonamides is 1. The number of anilines is 1. The van der Waals surface area contributed by atoms with E-state index in [4.69, 9.17) is 4.74 Å². The number of carbonyl (C=O) groups is 2. The van der Waals surface area contributed by atoms with Gasteiger partial charge in [0.25, 0.3) is 5.91 Å². The van der Waals surface area contributed by atoms with Crippen molar-refractivity contribution in [3.05, 3.63) is 59.7 Å². The number of carbonyl (C=O) groups excluding carboxylic acids is 2. The summed E-state index contributed by atoms with van der Waals surface area (Å²) in [6.45, 7) is 3.44. The van der Waals surface area contributed by atoms with Gasteiger partial charge in [-0.05, 0) is 55.8 Å². The summed E-state index contributed by atoms with van der Waals surface area (Å²) in [6.07, 6.45) is 2.77. The van der Waals surface area contributed by atoms with Crippen LogP contribution in [-0.4, -0.2) is 40.4 Å². The number of nitrogens with one attached hydrogen (secondary N) is 3. The summed E-state index contributed by atoms with van der Waals surface area (Å²) in [5.41, 5.74) is 1.39. The number of amides is 2. The standard InChI is InChI=1S/C21H25N3O5S/c1-14(2)24-30(27,28)19-12-15(8-10-18(19)29-4)9-11-20(25)23-17-7-5-6-16(13-17)21(26)22-3/h5-14,24H,1-4H3,(H,22,26)(H,23,25). The van der Waals surface area contributed by atoms with Gasteiger partial charge < -0.3 is 15.4 Å². The fraction of sp³-hybridized carbons (Fsp3) is 0.238. The molecule has 0 saturated heterocycles. The van der Waals surface area contributed by atoms with E-state index in [-0.39, 0.29) is 22.6 Å². The normalized spacial score (nSPS) is 11.5. The summed E-state index contributed by atoms with van der Waals surface area (Å²) in [5, 5.41) is 5.18. The molecule has 8 nitrogen and oxygen atoms in total. The average Bonchev–Trinajstić information content (AvgIpc) is 2.70. The lowest BCUT2D eigenvalue weighted by Crippen LogP contribution is -2.30. The van der Waals surface area contributed by atoms with E-state index >= 15 is 0 Å². The molecule has 0 aliphatic carbocycles. The van der Waals surface area contributed by atoms with Gasteiger partial charge in [0.2, 0.25) is 15.9 Å². The predicted molar refractivity (Wildman–Crippen MR) is 116 cm³/mol. The third kappa shape index (κ3) is 6.16. The Morgan fingerprint density at radius 1 is 1.10 bits per heavy atom. The van der Waals surface area contributed by atoms with E-state index in [0.717, 1.165) is 0 Å². The van der Waals surface area contributed by atoms with Crippen LogP contribution in [0.5, 0.6) is 5.75 Å². The number of benzene rings is 2. The minimum Gasteiger partial charge on any atom is -0.495 e. The maximum absolute atomic E-state index is 12.5. The molecule has 2 aromatic rings. The third-order valence-electron chi connectivity index (χ3n) is 3.91. The number of methoxy groups -OCH3 is 1. The Morgan fingerprint density at radius 3 is 2.47 bits per heavy atom. The zero-order valence-corrected chi connectivity index (χ0v) is 18.0. The summed E-state index contributed by atoms with van der Waals surface area (Å²) < 4.78 is 32.7. The molecule has 0 atom stereocenters. The number of ether oxygens (including phenoxy) is 1. The highest BCUT2D eigenvalue weighted by Gasteiger charge is 2.20. The summed E-state index contributed by atoms with van der Waals surface area (Å²) in [5.74, 6) is -0.482. The third-order valence-corrected chi connectivity index (χ3v) is 5.59. The molecule has 2 amide bonds. The van der Waals surface area contributed by atoms with Crippen molar-refractivity contribution < 1.29 is 22.7 Å². The highest BCUT2D eigenvalue weighted by Crippen LogP contribution is 2.25. The minimum atomic E-state index is -3.77. The van der Waals surface area contributed by atoms with Crippen molar-refractivity contribution in [3.63, 3.8) is 0 Å². The van der Waals surface area contributed by atoms with Crippen LogP contribution in [0.4, 0.5) is 5.69 Å². The molecule has 0 heterocycles. The van der Waals surface area contributed by atoms with Gasteiger partial charge in [-0.3, -0.25) is 9.59 Å². The van der Waals surface area contributed by atoms with Crippen molar-refractivity contribution in [1.82, 2.24) is 10.0 Å². The van der Waals surface area contributed by atoms with Crippen molar-refractivity contribution in [1.29, 1.82) is 0 Å². The fourth-order valence-corrected chi connectivity index (χ4v) is 4.07. The first-order chi connectivity index (χ1) is 14.2. The van der Waals surface area contributed by atoms with Crippen LogP contribution >= 0.6 is 0 Å². The van der Waals surface area contributed by atoms with Crippen molar-refractivity contribution >= 4 is 33.6 Å². The predicted octanol–water partition coefficient (Wildman–Crippen LogP) is 2.39. The quantitative estimate of drug-likeness (QED) is 0.556. The summed E-state index contributed by atoms with van der Waals surface area (Å²) in [6, 6.07) is 10.8. The van der Waals surface area contributed by atoms with Gasteiger partial charge in [-0.2, -0.15) is 0 Å². The van der Waals surface area contributed by atoms with Gasteiger partial charge in [-0.15, -0.1) is 0 Å². The van der Waals surface area contributed by atoms with Gasteiger partial charge in [0.1, 0.15) is 10.6 Å². The van der Waals surface area contributed by atoms with Crippen molar-refractivity contribution in [2.45, 2.75) is 24.8 Å². The lowest BCUT2D eigenvalue weighted by atomic mass is 10.2. The Morgan fingerprint density at radius 2 is 1.83 bits per heavy atom. The minimum absolute atomic E-state index is 0.0143.